The van der Waals surface area contributed by atoms with Crippen LogP contribution in [0.3, 0.4) is 0 Å². The van der Waals surface area contributed by atoms with Gasteiger partial charge in [-0.2, -0.15) is 5.10 Å². The Morgan fingerprint density at radius 3 is 2.48 bits per heavy atom. The van der Waals surface area contributed by atoms with Crippen LogP contribution >= 0.6 is 27.7 Å². The van der Waals surface area contributed by atoms with Gasteiger partial charge in [-0.05, 0) is 29.8 Å². The van der Waals surface area contributed by atoms with Crippen molar-refractivity contribution < 1.29 is 14.7 Å². The number of thioether (sulfide) groups is 1. The molecule has 0 radical (unpaired) electrons. The summed E-state index contributed by atoms with van der Waals surface area (Å²) in [5, 5.41) is 16.1. The fourth-order valence-corrected chi connectivity index (χ4v) is 3.35. The highest BCUT2D eigenvalue weighted by atomic mass is 79.9. The number of carbonyl (C=O) groups excluding carboxylic acids is 1. The van der Waals surface area contributed by atoms with Crippen molar-refractivity contribution >= 4 is 45.3 Å². The van der Waals surface area contributed by atoms with Gasteiger partial charge in [-0.1, -0.05) is 46.3 Å². The molecule has 0 aliphatic rings. The molecule has 0 spiro atoms. The van der Waals surface area contributed by atoms with Crippen LogP contribution < -0.4 is 5.32 Å². The molecule has 3 aromatic rings. The van der Waals surface area contributed by atoms with Crippen molar-refractivity contribution in [3.05, 3.63) is 76.5 Å². The zero-order chi connectivity index (χ0) is 19.2. The van der Waals surface area contributed by atoms with Gasteiger partial charge in [0, 0.05) is 15.6 Å². The summed E-state index contributed by atoms with van der Waals surface area (Å²) < 4.78 is 2.48. The third-order valence-electron chi connectivity index (χ3n) is 3.61. The molecule has 3 rings (SSSR count). The fraction of sp³-hybridized carbons (Fsp3) is 0.105. The number of hydrogen-bond donors (Lipinski definition) is 2. The van der Waals surface area contributed by atoms with Crippen molar-refractivity contribution in [3.8, 4) is 0 Å². The first-order valence-electron chi connectivity index (χ1n) is 8.04. The van der Waals surface area contributed by atoms with Gasteiger partial charge in [0.25, 0.3) is 0 Å². The Labute approximate surface area is 168 Å². The molecule has 138 valence electrons. The largest absolute Gasteiger partial charge is 0.476 e. The van der Waals surface area contributed by atoms with Gasteiger partial charge in [-0.15, -0.1) is 11.8 Å². The molecule has 2 aromatic carbocycles. The van der Waals surface area contributed by atoms with E-state index in [1.54, 1.807) is 6.20 Å². The lowest BCUT2D eigenvalue weighted by Crippen LogP contribution is -2.15. The first-order chi connectivity index (χ1) is 13.0. The predicted molar refractivity (Wildman–Crippen MR) is 108 cm³/mol. The molecular formula is C19H16BrN3O3S. The lowest BCUT2D eigenvalue weighted by molar-refractivity contribution is -0.113. The molecular weight excluding hydrogens is 430 g/mol. The zero-order valence-electron chi connectivity index (χ0n) is 14.1. The number of anilines is 1. The highest BCUT2D eigenvalue weighted by molar-refractivity contribution is 9.10. The van der Waals surface area contributed by atoms with Crippen LogP contribution in [0.5, 0.6) is 0 Å². The normalized spacial score (nSPS) is 10.6. The zero-order valence-corrected chi connectivity index (χ0v) is 16.5. The number of hydrogen-bond acceptors (Lipinski definition) is 4. The number of aromatic nitrogens is 2. The standard InChI is InChI=1S/C19H16BrN3O3S/c20-14-6-8-15(9-7-14)27-12-17(24)21-16-11-23(22-18(16)19(25)26)10-13-4-2-1-3-5-13/h1-9,11H,10,12H2,(H,21,24)(H,25,26). The maximum Gasteiger partial charge on any atom is 0.358 e. The minimum absolute atomic E-state index is 0.171. The van der Waals surface area contributed by atoms with E-state index in [1.165, 1.54) is 16.4 Å². The minimum Gasteiger partial charge on any atom is -0.476 e. The summed E-state index contributed by atoms with van der Waals surface area (Å²) in [5.74, 6) is -1.30. The van der Waals surface area contributed by atoms with Gasteiger partial charge < -0.3 is 10.4 Å². The minimum atomic E-state index is -1.18. The number of amides is 1. The summed E-state index contributed by atoms with van der Waals surface area (Å²) >= 11 is 4.74. The quantitative estimate of drug-likeness (QED) is 0.534. The Hall–Kier alpha value is -2.58. The van der Waals surface area contributed by atoms with Crippen LogP contribution in [-0.4, -0.2) is 32.5 Å². The number of carboxylic acids is 1. The van der Waals surface area contributed by atoms with E-state index >= 15 is 0 Å². The summed E-state index contributed by atoms with van der Waals surface area (Å²) in [6.45, 7) is 0.421. The molecule has 0 saturated carbocycles. The molecule has 1 heterocycles. The molecule has 2 N–H and O–H groups in total. The van der Waals surface area contributed by atoms with Crippen molar-refractivity contribution in [1.29, 1.82) is 0 Å². The van der Waals surface area contributed by atoms with Gasteiger partial charge in [-0.3, -0.25) is 9.48 Å². The summed E-state index contributed by atoms with van der Waals surface area (Å²) in [6, 6.07) is 17.2. The van der Waals surface area contributed by atoms with E-state index in [0.717, 1.165) is 14.9 Å². The van der Waals surface area contributed by atoms with Crippen molar-refractivity contribution in [2.24, 2.45) is 0 Å². The number of carbonyl (C=O) groups is 2. The number of aromatic carboxylic acids is 1. The number of carboxylic acid groups (broad SMARTS) is 1. The van der Waals surface area contributed by atoms with Gasteiger partial charge in [0.1, 0.15) is 0 Å². The van der Waals surface area contributed by atoms with Gasteiger partial charge >= 0.3 is 5.97 Å². The summed E-state index contributed by atoms with van der Waals surface area (Å²) in [4.78, 5) is 24.6. The second kappa shape index (κ2) is 8.88. The lowest BCUT2D eigenvalue weighted by Gasteiger charge is -2.04. The van der Waals surface area contributed by atoms with Crippen molar-refractivity contribution in [3.63, 3.8) is 0 Å². The number of halogens is 1. The molecule has 1 amide bonds. The molecule has 0 bridgehead atoms. The second-order valence-electron chi connectivity index (χ2n) is 5.67. The van der Waals surface area contributed by atoms with Crippen molar-refractivity contribution in [1.82, 2.24) is 9.78 Å². The van der Waals surface area contributed by atoms with E-state index in [9.17, 15) is 14.7 Å². The van der Waals surface area contributed by atoms with Crippen molar-refractivity contribution in [2.45, 2.75) is 11.4 Å². The van der Waals surface area contributed by atoms with Crippen LogP contribution in [0.15, 0.2) is 70.2 Å². The van der Waals surface area contributed by atoms with Crippen LogP contribution in [0.25, 0.3) is 0 Å². The Morgan fingerprint density at radius 1 is 1.11 bits per heavy atom. The average Bonchev–Trinajstić information content (AvgIpc) is 3.04. The predicted octanol–water partition coefficient (Wildman–Crippen LogP) is 4.12. The van der Waals surface area contributed by atoms with Crippen LogP contribution in [0.4, 0.5) is 5.69 Å². The van der Waals surface area contributed by atoms with Gasteiger partial charge in [0.15, 0.2) is 5.69 Å². The summed E-state index contributed by atoms with van der Waals surface area (Å²) in [7, 11) is 0. The molecule has 27 heavy (non-hydrogen) atoms. The highest BCUT2D eigenvalue weighted by Gasteiger charge is 2.18. The van der Waals surface area contributed by atoms with Crippen LogP contribution in [0.2, 0.25) is 0 Å². The van der Waals surface area contributed by atoms with E-state index in [2.05, 4.69) is 26.3 Å². The first kappa shape index (κ1) is 19.2. The number of benzene rings is 2. The Kier molecular flexibility index (Phi) is 6.31. The highest BCUT2D eigenvalue weighted by Crippen LogP contribution is 2.21. The third kappa shape index (κ3) is 5.45. The average molecular weight is 446 g/mol. The van der Waals surface area contributed by atoms with Crippen LogP contribution in [0, 0.1) is 0 Å². The smallest absolute Gasteiger partial charge is 0.358 e. The van der Waals surface area contributed by atoms with E-state index in [1.807, 2.05) is 54.6 Å². The van der Waals surface area contributed by atoms with E-state index in [4.69, 9.17) is 0 Å². The molecule has 1 aromatic heterocycles. The van der Waals surface area contributed by atoms with Gasteiger partial charge in [0.2, 0.25) is 5.91 Å². The second-order valence-corrected chi connectivity index (χ2v) is 7.63. The molecule has 0 atom stereocenters. The molecule has 6 nitrogen and oxygen atoms in total. The van der Waals surface area contributed by atoms with E-state index < -0.39 is 5.97 Å². The van der Waals surface area contributed by atoms with Crippen molar-refractivity contribution in [2.75, 3.05) is 11.1 Å². The lowest BCUT2D eigenvalue weighted by atomic mass is 10.2. The molecule has 8 heteroatoms. The van der Waals surface area contributed by atoms with E-state index in [-0.39, 0.29) is 23.0 Å². The molecule has 0 aliphatic heterocycles. The van der Waals surface area contributed by atoms with Crippen LogP contribution in [-0.2, 0) is 11.3 Å². The third-order valence-corrected chi connectivity index (χ3v) is 5.15. The molecule has 0 fully saturated rings. The molecule has 0 unspecified atom stereocenters. The summed E-state index contributed by atoms with van der Waals surface area (Å²) in [5.41, 5.74) is 1.01. The number of rotatable bonds is 7. The Bertz CT molecular complexity index is 943. The van der Waals surface area contributed by atoms with Crippen LogP contribution in [0.1, 0.15) is 16.1 Å². The van der Waals surface area contributed by atoms with Gasteiger partial charge in [-0.25, -0.2) is 4.79 Å². The fourth-order valence-electron chi connectivity index (χ4n) is 2.39. The first-order valence-corrected chi connectivity index (χ1v) is 9.82. The summed E-state index contributed by atoms with van der Waals surface area (Å²) in [6.07, 6.45) is 1.54. The van der Waals surface area contributed by atoms with Gasteiger partial charge in [0.05, 0.1) is 18.0 Å². The number of nitrogens with one attached hydrogen (secondary N) is 1. The molecule has 0 saturated heterocycles. The SMILES string of the molecule is O=C(CSc1ccc(Br)cc1)Nc1cn(Cc2ccccc2)nc1C(=O)O. The monoisotopic (exact) mass is 445 g/mol. The Morgan fingerprint density at radius 2 is 1.81 bits per heavy atom. The topological polar surface area (TPSA) is 84.2 Å². The number of nitrogens with zero attached hydrogens (tertiary/aromatic N) is 2. The maximum atomic E-state index is 12.2. The Balaban J connectivity index is 1.66. The van der Waals surface area contributed by atoms with E-state index in [0.29, 0.717) is 6.54 Å². The maximum absolute atomic E-state index is 12.2. The molecule has 0 aliphatic carbocycles.